The first-order valence-electron chi connectivity index (χ1n) is 10.8. The predicted octanol–water partition coefficient (Wildman–Crippen LogP) is 5.03. The third-order valence-electron chi connectivity index (χ3n) is 5.03. The second-order valence-electron chi connectivity index (χ2n) is 8.44. The minimum absolute atomic E-state index is 0. The van der Waals surface area contributed by atoms with Crippen molar-refractivity contribution in [2.75, 3.05) is 6.61 Å². The van der Waals surface area contributed by atoms with E-state index in [1.165, 1.54) is 0 Å². The minimum atomic E-state index is -1.07. The lowest BCUT2D eigenvalue weighted by atomic mass is 10.1. The highest BCUT2D eigenvalue weighted by Crippen LogP contribution is 2.30. The summed E-state index contributed by atoms with van der Waals surface area (Å²) in [4.78, 5) is 12.7. The van der Waals surface area contributed by atoms with Crippen molar-refractivity contribution in [2.24, 2.45) is 5.73 Å². The van der Waals surface area contributed by atoms with Crippen LogP contribution in [0.15, 0.2) is 77.4 Å². The molecule has 9 heteroatoms. The second kappa shape index (κ2) is 11.4. The van der Waals surface area contributed by atoms with Gasteiger partial charge in [-0.25, -0.2) is 0 Å². The Morgan fingerprint density at radius 2 is 1.77 bits per heavy atom. The van der Waals surface area contributed by atoms with E-state index in [4.69, 9.17) is 15.2 Å². The molecule has 2 aromatic carbocycles. The molecule has 0 aliphatic rings. The number of rotatable bonds is 9. The van der Waals surface area contributed by atoms with E-state index in [2.05, 4.69) is 31.4 Å². The molecule has 0 saturated heterocycles. The number of carbonyl (C=O) groups excluding carboxylic acids is 1. The quantitative estimate of drug-likeness (QED) is 0.309. The Morgan fingerprint density at radius 3 is 2.43 bits per heavy atom. The summed E-state index contributed by atoms with van der Waals surface area (Å²) < 4.78 is 14.5. The van der Waals surface area contributed by atoms with Crippen LogP contribution in [-0.2, 0) is 16.1 Å². The lowest BCUT2D eigenvalue weighted by molar-refractivity contribution is -0.126. The van der Waals surface area contributed by atoms with Crippen LogP contribution < -0.4 is 15.8 Å². The predicted molar refractivity (Wildman–Crippen MR) is 139 cm³/mol. The van der Waals surface area contributed by atoms with E-state index in [0.29, 0.717) is 29.6 Å². The first kappa shape index (κ1) is 26.3. The Labute approximate surface area is 213 Å². The van der Waals surface area contributed by atoms with Crippen molar-refractivity contribution in [3.05, 3.63) is 88.8 Å². The summed E-state index contributed by atoms with van der Waals surface area (Å²) >= 11 is 3.54. The van der Waals surface area contributed by atoms with Crippen molar-refractivity contribution in [3.8, 4) is 11.5 Å². The van der Waals surface area contributed by atoms with Gasteiger partial charge in [-0.2, -0.15) is 0 Å². The van der Waals surface area contributed by atoms with Gasteiger partial charge in [-0.1, -0.05) is 56.0 Å². The van der Waals surface area contributed by atoms with Crippen molar-refractivity contribution in [1.29, 1.82) is 0 Å². The van der Waals surface area contributed by atoms with Crippen molar-refractivity contribution < 1.29 is 14.3 Å². The van der Waals surface area contributed by atoms with Crippen LogP contribution in [0.5, 0.6) is 11.5 Å². The highest BCUT2D eigenvalue weighted by molar-refractivity contribution is 9.10. The standard InChI is InChI=1S/C25H26BrN5O3.CH4/c1-25(2,27)24(32)28-20(16-33-15-17-9-5-3-6-10-17)22-29-30-23-21(13-18(26)14-31(22)23)34-19-11-7-4-8-12-19;/h3-14,20H,15-16,27H2,1-2H3,(H,28,32);1H4/t20-;/m1./s1. The first-order chi connectivity index (χ1) is 16.3. The Balaban J connectivity index is 0.00000342. The molecule has 0 unspecified atom stereocenters. The van der Waals surface area contributed by atoms with Gasteiger partial charge in [0.05, 0.1) is 18.8 Å². The summed E-state index contributed by atoms with van der Waals surface area (Å²) in [5.74, 6) is 1.37. The fraction of sp³-hybridized carbons (Fsp3) is 0.269. The summed E-state index contributed by atoms with van der Waals surface area (Å²) in [6.07, 6.45) is 1.83. The number of amides is 1. The van der Waals surface area contributed by atoms with Crippen molar-refractivity contribution in [1.82, 2.24) is 19.9 Å². The lowest BCUT2D eigenvalue weighted by Gasteiger charge is -2.23. The van der Waals surface area contributed by atoms with E-state index < -0.39 is 11.6 Å². The van der Waals surface area contributed by atoms with E-state index in [1.54, 1.807) is 18.2 Å². The number of pyridine rings is 1. The molecule has 0 radical (unpaired) electrons. The Kier molecular flexibility index (Phi) is 8.61. The number of halogens is 1. The van der Waals surface area contributed by atoms with Gasteiger partial charge in [0.1, 0.15) is 11.8 Å². The smallest absolute Gasteiger partial charge is 0.240 e. The molecule has 0 fully saturated rings. The molecule has 0 aliphatic carbocycles. The van der Waals surface area contributed by atoms with Gasteiger partial charge < -0.3 is 20.5 Å². The van der Waals surface area contributed by atoms with Gasteiger partial charge >= 0.3 is 0 Å². The van der Waals surface area contributed by atoms with E-state index in [-0.39, 0.29) is 19.9 Å². The summed E-state index contributed by atoms with van der Waals surface area (Å²) in [6.45, 7) is 3.87. The molecule has 4 aromatic rings. The number of aromatic nitrogens is 3. The van der Waals surface area contributed by atoms with Crippen molar-refractivity contribution in [3.63, 3.8) is 0 Å². The average Bonchev–Trinajstić information content (AvgIpc) is 3.23. The summed E-state index contributed by atoms with van der Waals surface area (Å²) in [5.41, 5.74) is 6.49. The molecule has 1 atom stereocenters. The third kappa shape index (κ3) is 6.66. The van der Waals surface area contributed by atoms with Crippen molar-refractivity contribution >= 4 is 27.5 Å². The van der Waals surface area contributed by atoms with Gasteiger partial charge in [0.25, 0.3) is 0 Å². The Hall–Kier alpha value is -3.27. The molecule has 0 aliphatic heterocycles. The molecule has 0 saturated carbocycles. The van der Waals surface area contributed by atoms with Crippen LogP contribution in [0.25, 0.3) is 5.65 Å². The number of ether oxygens (including phenoxy) is 2. The average molecular weight is 540 g/mol. The number of nitrogens with two attached hydrogens (primary N) is 1. The maximum atomic E-state index is 12.7. The van der Waals surface area contributed by atoms with Gasteiger partial charge in [0, 0.05) is 16.7 Å². The second-order valence-corrected chi connectivity index (χ2v) is 9.35. The third-order valence-corrected chi connectivity index (χ3v) is 5.47. The normalized spacial score (nSPS) is 12.1. The lowest BCUT2D eigenvalue weighted by Crippen LogP contribution is -2.50. The Morgan fingerprint density at radius 1 is 1.11 bits per heavy atom. The first-order valence-corrected chi connectivity index (χ1v) is 11.6. The molecule has 4 rings (SSSR count). The number of nitrogens with zero attached hydrogens (tertiary/aromatic N) is 3. The van der Waals surface area contributed by atoms with E-state index in [0.717, 1.165) is 10.0 Å². The molecule has 0 spiro atoms. The summed E-state index contributed by atoms with van der Waals surface area (Å²) in [5, 5.41) is 11.7. The molecule has 1 amide bonds. The SMILES string of the molecule is C.CC(C)(N)C(=O)N[C@H](COCc1ccccc1)c1nnc2c(Oc3ccccc3)cc(Br)cn12. The van der Waals surface area contributed by atoms with Crippen molar-refractivity contribution in [2.45, 2.75) is 39.5 Å². The molecule has 8 nitrogen and oxygen atoms in total. The summed E-state index contributed by atoms with van der Waals surface area (Å²) in [7, 11) is 0. The fourth-order valence-corrected chi connectivity index (χ4v) is 3.68. The molecule has 184 valence electrons. The van der Waals surface area contributed by atoms with Crippen LogP contribution >= 0.6 is 15.9 Å². The van der Waals surface area contributed by atoms with E-state index in [9.17, 15) is 4.79 Å². The van der Waals surface area contributed by atoms with Gasteiger partial charge in [0.2, 0.25) is 11.6 Å². The highest BCUT2D eigenvalue weighted by atomic mass is 79.9. The van der Waals surface area contributed by atoms with Crippen LogP contribution in [0.1, 0.15) is 38.7 Å². The van der Waals surface area contributed by atoms with E-state index >= 15 is 0 Å². The number of benzene rings is 2. The van der Waals surface area contributed by atoms with Gasteiger partial charge in [-0.05, 0) is 47.5 Å². The van der Waals surface area contributed by atoms with Gasteiger partial charge in [-0.15, -0.1) is 10.2 Å². The monoisotopic (exact) mass is 539 g/mol. The molecule has 0 bridgehead atoms. The number of fused-ring (bicyclic) bond motifs is 1. The molecule has 2 heterocycles. The molecule has 35 heavy (non-hydrogen) atoms. The van der Waals surface area contributed by atoms with Crippen LogP contribution in [-0.4, -0.2) is 32.7 Å². The minimum Gasteiger partial charge on any atom is -0.453 e. The van der Waals surface area contributed by atoms with E-state index in [1.807, 2.05) is 72.9 Å². The topological polar surface area (TPSA) is 104 Å². The highest BCUT2D eigenvalue weighted by Gasteiger charge is 2.28. The Bertz CT molecular complexity index is 1260. The maximum absolute atomic E-state index is 12.7. The number of hydrogen-bond donors (Lipinski definition) is 2. The van der Waals surface area contributed by atoms with Crippen LogP contribution in [0.4, 0.5) is 0 Å². The molecule has 3 N–H and O–H groups in total. The van der Waals surface area contributed by atoms with Gasteiger partial charge in [0.15, 0.2) is 11.6 Å². The zero-order chi connectivity index (χ0) is 24.1. The molecular weight excluding hydrogens is 510 g/mol. The maximum Gasteiger partial charge on any atom is 0.240 e. The number of nitrogens with one attached hydrogen (secondary N) is 1. The fourth-order valence-electron chi connectivity index (χ4n) is 3.27. The zero-order valence-corrected chi connectivity index (χ0v) is 20.5. The largest absolute Gasteiger partial charge is 0.453 e. The zero-order valence-electron chi connectivity index (χ0n) is 18.9. The number of hydrogen-bond acceptors (Lipinski definition) is 6. The summed E-state index contributed by atoms with van der Waals surface area (Å²) in [6, 6.07) is 20.5. The molecular formula is C26H30BrN5O3. The van der Waals surface area contributed by atoms with Crippen LogP contribution in [0, 0.1) is 0 Å². The van der Waals surface area contributed by atoms with Crippen LogP contribution in [0.2, 0.25) is 0 Å². The van der Waals surface area contributed by atoms with Gasteiger partial charge in [-0.3, -0.25) is 9.20 Å². The number of carbonyl (C=O) groups is 1. The van der Waals surface area contributed by atoms with Crippen LogP contribution in [0.3, 0.4) is 0 Å². The molecule has 2 aromatic heterocycles. The number of para-hydroxylation sites is 1.